The van der Waals surface area contributed by atoms with Gasteiger partial charge < -0.3 is 16.0 Å². The predicted octanol–water partition coefficient (Wildman–Crippen LogP) is 2.20. The molecule has 0 saturated carbocycles. The molecule has 1 fully saturated rings. The van der Waals surface area contributed by atoms with Gasteiger partial charge in [-0.05, 0) is 51.6 Å². The monoisotopic (exact) mass is 268 g/mol. The summed E-state index contributed by atoms with van der Waals surface area (Å²) < 4.78 is 0. The number of hydrogen-bond acceptors (Lipinski definition) is 2. The second-order valence-corrected chi connectivity index (χ2v) is 6.13. The third kappa shape index (κ3) is 7.41. The Morgan fingerprint density at radius 1 is 1.37 bits per heavy atom. The second kappa shape index (κ2) is 9.18. The second-order valence-electron chi connectivity index (χ2n) is 6.13. The maximum absolute atomic E-state index is 5.80. The molecule has 3 N–H and O–H groups in total. The first kappa shape index (κ1) is 16.3. The van der Waals surface area contributed by atoms with Gasteiger partial charge in [0.05, 0.1) is 0 Å². The zero-order chi connectivity index (χ0) is 14.1. The maximum Gasteiger partial charge on any atom is 0.188 e. The van der Waals surface area contributed by atoms with Crippen LogP contribution >= 0.6 is 0 Å². The standard InChI is InChI=1S/C15H32N4/c1-13(2)12-18-15(16)17-9-5-7-11-19-10-6-4-8-14(19)3/h13-14H,4-12H2,1-3H3,(H3,16,17,18). The Balaban J connectivity index is 2.03. The van der Waals surface area contributed by atoms with Crippen molar-refractivity contribution in [3.63, 3.8) is 0 Å². The first-order chi connectivity index (χ1) is 9.09. The molecule has 4 heteroatoms. The Kier molecular flexibility index (Phi) is 7.87. The molecule has 1 aliphatic heterocycles. The molecule has 1 aliphatic rings. The van der Waals surface area contributed by atoms with Gasteiger partial charge in [0.1, 0.15) is 0 Å². The minimum Gasteiger partial charge on any atom is -0.370 e. The summed E-state index contributed by atoms with van der Waals surface area (Å²) in [5, 5.41) is 3.20. The number of nitrogens with two attached hydrogens (primary N) is 1. The van der Waals surface area contributed by atoms with Crippen LogP contribution in [0.5, 0.6) is 0 Å². The molecule has 19 heavy (non-hydrogen) atoms. The molecular weight excluding hydrogens is 236 g/mol. The predicted molar refractivity (Wildman–Crippen MR) is 83.5 cm³/mol. The van der Waals surface area contributed by atoms with E-state index in [4.69, 9.17) is 5.73 Å². The lowest BCUT2D eigenvalue weighted by Crippen LogP contribution is -2.38. The van der Waals surface area contributed by atoms with E-state index >= 15 is 0 Å². The summed E-state index contributed by atoms with van der Waals surface area (Å²) in [5.74, 6) is 1.17. The van der Waals surface area contributed by atoms with Crippen molar-refractivity contribution in [2.45, 2.75) is 58.9 Å². The molecule has 1 saturated heterocycles. The summed E-state index contributed by atoms with van der Waals surface area (Å²) in [6, 6.07) is 0.777. The molecule has 1 rings (SSSR count). The highest BCUT2D eigenvalue weighted by Crippen LogP contribution is 2.16. The van der Waals surface area contributed by atoms with Crippen LogP contribution in [0, 0.1) is 5.92 Å². The highest BCUT2D eigenvalue weighted by molar-refractivity contribution is 5.77. The summed E-state index contributed by atoms with van der Waals surface area (Å²) in [4.78, 5) is 6.92. The molecule has 0 bridgehead atoms. The summed E-state index contributed by atoms with van der Waals surface area (Å²) >= 11 is 0. The summed E-state index contributed by atoms with van der Waals surface area (Å²) in [6.07, 6.45) is 6.56. The number of nitrogens with one attached hydrogen (secondary N) is 1. The number of unbranched alkanes of at least 4 members (excludes halogenated alkanes) is 1. The number of likely N-dealkylation sites (tertiary alicyclic amines) is 1. The topological polar surface area (TPSA) is 53.6 Å². The molecule has 0 aliphatic carbocycles. The van der Waals surface area contributed by atoms with Crippen molar-refractivity contribution in [1.82, 2.24) is 10.2 Å². The highest BCUT2D eigenvalue weighted by Gasteiger charge is 2.16. The van der Waals surface area contributed by atoms with Crippen molar-refractivity contribution in [2.75, 3.05) is 26.2 Å². The van der Waals surface area contributed by atoms with Gasteiger partial charge in [-0.3, -0.25) is 4.99 Å². The SMILES string of the molecule is CC(C)CN=C(N)NCCCCN1CCCCC1C. The van der Waals surface area contributed by atoms with E-state index < -0.39 is 0 Å². The molecule has 0 radical (unpaired) electrons. The molecule has 1 heterocycles. The van der Waals surface area contributed by atoms with Gasteiger partial charge in [-0.15, -0.1) is 0 Å². The average Bonchev–Trinajstić information content (AvgIpc) is 2.38. The molecule has 0 aromatic rings. The number of nitrogens with zero attached hydrogens (tertiary/aromatic N) is 2. The largest absolute Gasteiger partial charge is 0.370 e. The Morgan fingerprint density at radius 3 is 2.84 bits per heavy atom. The third-order valence-corrected chi connectivity index (χ3v) is 3.75. The van der Waals surface area contributed by atoms with Crippen molar-refractivity contribution in [3.8, 4) is 0 Å². The van der Waals surface area contributed by atoms with Crippen LogP contribution in [0.2, 0.25) is 0 Å². The maximum atomic E-state index is 5.80. The Labute approximate surface area is 118 Å². The summed E-state index contributed by atoms with van der Waals surface area (Å²) in [7, 11) is 0. The quantitative estimate of drug-likeness (QED) is 0.423. The molecule has 112 valence electrons. The van der Waals surface area contributed by atoms with Gasteiger partial charge in [0.2, 0.25) is 0 Å². The van der Waals surface area contributed by atoms with E-state index in [9.17, 15) is 0 Å². The molecule has 0 aromatic heterocycles. The molecule has 1 unspecified atom stereocenters. The van der Waals surface area contributed by atoms with Crippen LogP contribution in [0.1, 0.15) is 52.9 Å². The third-order valence-electron chi connectivity index (χ3n) is 3.75. The fourth-order valence-corrected chi connectivity index (χ4v) is 2.48. The van der Waals surface area contributed by atoms with E-state index in [1.165, 1.54) is 45.2 Å². The highest BCUT2D eigenvalue weighted by atomic mass is 15.2. The normalized spacial score (nSPS) is 21.9. The first-order valence-corrected chi connectivity index (χ1v) is 7.87. The van der Waals surface area contributed by atoms with Gasteiger partial charge in [0.15, 0.2) is 5.96 Å². The van der Waals surface area contributed by atoms with Gasteiger partial charge >= 0.3 is 0 Å². The van der Waals surface area contributed by atoms with E-state index in [0.717, 1.165) is 19.1 Å². The molecule has 1 atom stereocenters. The van der Waals surface area contributed by atoms with Crippen molar-refractivity contribution in [2.24, 2.45) is 16.6 Å². The van der Waals surface area contributed by atoms with E-state index in [0.29, 0.717) is 11.9 Å². The van der Waals surface area contributed by atoms with Crippen LogP contribution in [-0.4, -0.2) is 43.1 Å². The number of rotatable bonds is 7. The van der Waals surface area contributed by atoms with Crippen LogP contribution < -0.4 is 11.1 Å². The molecule has 0 amide bonds. The lowest BCUT2D eigenvalue weighted by Gasteiger charge is -2.33. The van der Waals surface area contributed by atoms with Gasteiger partial charge in [0.25, 0.3) is 0 Å². The van der Waals surface area contributed by atoms with E-state index in [1.54, 1.807) is 0 Å². The molecule has 0 aromatic carbocycles. The van der Waals surface area contributed by atoms with Crippen LogP contribution in [0.3, 0.4) is 0 Å². The van der Waals surface area contributed by atoms with Crippen LogP contribution in [0.25, 0.3) is 0 Å². The van der Waals surface area contributed by atoms with Crippen LogP contribution in [0.4, 0.5) is 0 Å². The van der Waals surface area contributed by atoms with Crippen LogP contribution in [0.15, 0.2) is 4.99 Å². The van der Waals surface area contributed by atoms with Crippen molar-refractivity contribution < 1.29 is 0 Å². The number of piperidine rings is 1. The van der Waals surface area contributed by atoms with E-state index in [2.05, 4.69) is 36.0 Å². The van der Waals surface area contributed by atoms with E-state index in [1.807, 2.05) is 0 Å². The van der Waals surface area contributed by atoms with Crippen molar-refractivity contribution >= 4 is 5.96 Å². The minimum absolute atomic E-state index is 0.570. The minimum atomic E-state index is 0.570. The molecular formula is C15H32N4. The van der Waals surface area contributed by atoms with Crippen molar-refractivity contribution in [1.29, 1.82) is 0 Å². The molecule has 4 nitrogen and oxygen atoms in total. The molecule has 0 spiro atoms. The Morgan fingerprint density at radius 2 is 2.16 bits per heavy atom. The van der Waals surface area contributed by atoms with Gasteiger partial charge in [-0.25, -0.2) is 0 Å². The smallest absolute Gasteiger partial charge is 0.188 e. The lowest BCUT2D eigenvalue weighted by molar-refractivity contribution is 0.158. The zero-order valence-corrected chi connectivity index (χ0v) is 13.0. The Hall–Kier alpha value is -0.770. The first-order valence-electron chi connectivity index (χ1n) is 7.87. The fraction of sp³-hybridized carbons (Fsp3) is 0.933. The summed E-state index contributed by atoms with van der Waals surface area (Å²) in [5.41, 5.74) is 5.80. The zero-order valence-electron chi connectivity index (χ0n) is 13.0. The van der Waals surface area contributed by atoms with Gasteiger partial charge in [0, 0.05) is 19.1 Å². The summed E-state index contributed by atoms with van der Waals surface area (Å²) in [6.45, 7) is 10.9. The van der Waals surface area contributed by atoms with Gasteiger partial charge in [-0.1, -0.05) is 20.3 Å². The lowest BCUT2D eigenvalue weighted by atomic mass is 10.0. The number of guanidine groups is 1. The fourth-order valence-electron chi connectivity index (χ4n) is 2.48. The number of hydrogen-bond donors (Lipinski definition) is 2. The Bertz CT molecular complexity index is 263. The average molecular weight is 268 g/mol. The van der Waals surface area contributed by atoms with Crippen LogP contribution in [-0.2, 0) is 0 Å². The van der Waals surface area contributed by atoms with Crippen molar-refractivity contribution in [3.05, 3.63) is 0 Å². The van der Waals surface area contributed by atoms with E-state index in [-0.39, 0.29) is 0 Å². The van der Waals surface area contributed by atoms with Gasteiger partial charge in [-0.2, -0.15) is 0 Å². The number of aliphatic imine (C=N–C) groups is 1.